The summed E-state index contributed by atoms with van der Waals surface area (Å²) < 4.78 is 36.6. The standard InChI is InChI=1S/C14H14F3NO3S/c1-2-3-4-11(13(20)21)18-12(19)9-5-7-10(8-6-9)22-14(15,16)17/h2,5-8,11H,1,3-4H2,(H,18,19)(H,20,21). The summed E-state index contributed by atoms with van der Waals surface area (Å²) in [6.07, 6.45) is 2.14. The fourth-order valence-corrected chi connectivity index (χ4v) is 2.13. The molecule has 1 rings (SSSR count). The molecule has 0 aromatic heterocycles. The molecule has 0 aliphatic carbocycles. The molecule has 0 bridgehead atoms. The highest BCUT2D eigenvalue weighted by Gasteiger charge is 2.29. The maximum Gasteiger partial charge on any atom is 0.446 e. The smallest absolute Gasteiger partial charge is 0.446 e. The topological polar surface area (TPSA) is 66.4 Å². The van der Waals surface area contributed by atoms with E-state index in [2.05, 4.69) is 11.9 Å². The molecule has 0 saturated heterocycles. The van der Waals surface area contributed by atoms with Crippen LogP contribution < -0.4 is 5.32 Å². The molecule has 8 heteroatoms. The molecule has 1 aromatic rings. The zero-order chi connectivity index (χ0) is 16.8. The summed E-state index contributed by atoms with van der Waals surface area (Å²) in [4.78, 5) is 22.8. The minimum Gasteiger partial charge on any atom is -0.480 e. The Bertz CT molecular complexity index is 543. The number of thioether (sulfide) groups is 1. The van der Waals surface area contributed by atoms with Crippen LogP contribution in [0.25, 0.3) is 0 Å². The normalized spacial score (nSPS) is 12.5. The average molecular weight is 333 g/mol. The number of allylic oxidation sites excluding steroid dienone is 1. The number of carbonyl (C=O) groups is 2. The number of carboxylic acid groups (broad SMARTS) is 1. The molecule has 2 N–H and O–H groups in total. The molecule has 0 heterocycles. The first kappa shape index (κ1) is 18.1. The van der Waals surface area contributed by atoms with Gasteiger partial charge in [-0.25, -0.2) is 4.79 Å². The maximum atomic E-state index is 12.2. The summed E-state index contributed by atoms with van der Waals surface area (Å²) in [7, 11) is 0. The Morgan fingerprint density at radius 2 is 1.91 bits per heavy atom. The quantitative estimate of drug-likeness (QED) is 0.592. The van der Waals surface area contributed by atoms with Gasteiger partial charge in [0.15, 0.2) is 0 Å². The Morgan fingerprint density at radius 1 is 1.32 bits per heavy atom. The van der Waals surface area contributed by atoms with E-state index < -0.39 is 23.4 Å². The van der Waals surface area contributed by atoms with Gasteiger partial charge in [-0.2, -0.15) is 13.2 Å². The van der Waals surface area contributed by atoms with Crippen LogP contribution in [-0.4, -0.2) is 28.5 Å². The lowest BCUT2D eigenvalue weighted by Gasteiger charge is -2.14. The fraction of sp³-hybridized carbons (Fsp3) is 0.286. The highest BCUT2D eigenvalue weighted by atomic mass is 32.2. The first-order chi connectivity index (χ1) is 10.2. The fourth-order valence-electron chi connectivity index (χ4n) is 1.59. The molecule has 0 radical (unpaired) electrons. The van der Waals surface area contributed by atoms with Gasteiger partial charge >= 0.3 is 11.5 Å². The van der Waals surface area contributed by atoms with Gasteiger partial charge < -0.3 is 10.4 Å². The van der Waals surface area contributed by atoms with Gasteiger partial charge in [-0.3, -0.25) is 4.79 Å². The van der Waals surface area contributed by atoms with Crippen LogP contribution in [0.15, 0.2) is 41.8 Å². The van der Waals surface area contributed by atoms with Crippen LogP contribution in [0.4, 0.5) is 13.2 Å². The van der Waals surface area contributed by atoms with Crippen molar-refractivity contribution in [2.45, 2.75) is 29.3 Å². The predicted molar refractivity (Wildman–Crippen MR) is 76.7 cm³/mol. The second kappa shape index (κ2) is 7.88. The van der Waals surface area contributed by atoms with E-state index in [1.807, 2.05) is 0 Å². The number of hydrogen-bond acceptors (Lipinski definition) is 3. The number of rotatable bonds is 7. The van der Waals surface area contributed by atoms with Gasteiger partial charge in [-0.05, 0) is 48.9 Å². The van der Waals surface area contributed by atoms with Crippen LogP contribution >= 0.6 is 11.8 Å². The highest BCUT2D eigenvalue weighted by molar-refractivity contribution is 8.00. The molecule has 0 spiro atoms. The zero-order valence-corrected chi connectivity index (χ0v) is 12.2. The number of nitrogens with one attached hydrogen (secondary N) is 1. The van der Waals surface area contributed by atoms with Gasteiger partial charge in [-0.1, -0.05) is 6.08 Å². The third-order valence-electron chi connectivity index (χ3n) is 2.61. The van der Waals surface area contributed by atoms with E-state index in [4.69, 9.17) is 5.11 Å². The molecule has 1 atom stereocenters. The van der Waals surface area contributed by atoms with Crippen LogP contribution in [0.1, 0.15) is 23.2 Å². The molecule has 0 saturated carbocycles. The van der Waals surface area contributed by atoms with Gasteiger partial charge in [-0.15, -0.1) is 6.58 Å². The molecular formula is C14H14F3NO3S. The van der Waals surface area contributed by atoms with Gasteiger partial charge in [0.1, 0.15) is 6.04 Å². The Labute approximate surface area is 129 Å². The van der Waals surface area contributed by atoms with Gasteiger partial charge in [0, 0.05) is 10.5 Å². The van der Waals surface area contributed by atoms with Crippen LogP contribution in [-0.2, 0) is 4.79 Å². The Morgan fingerprint density at radius 3 is 2.36 bits per heavy atom. The predicted octanol–water partition coefficient (Wildman–Crippen LogP) is 3.45. The molecule has 1 amide bonds. The average Bonchev–Trinajstić information content (AvgIpc) is 2.42. The molecular weight excluding hydrogens is 319 g/mol. The number of halogens is 3. The monoisotopic (exact) mass is 333 g/mol. The van der Waals surface area contributed by atoms with Crippen LogP contribution in [0, 0.1) is 0 Å². The largest absolute Gasteiger partial charge is 0.480 e. The summed E-state index contributed by atoms with van der Waals surface area (Å²) in [6.45, 7) is 3.47. The van der Waals surface area contributed by atoms with Crippen molar-refractivity contribution in [3.63, 3.8) is 0 Å². The van der Waals surface area contributed by atoms with E-state index in [1.54, 1.807) is 0 Å². The third-order valence-corrected chi connectivity index (χ3v) is 3.35. The third kappa shape index (κ3) is 6.21. The molecule has 0 fully saturated rings. The van der Waals surface area contributed by atoms with E-state index in [-0.39, 0.29) is 28.6 Å². The Kier molecular flexibility index (Phi) is 6.48. The summed E-state index contributed by atoms with van der Waals surface area (Å²) >= 11 is -0.286. The van der Waals surface area contributed by atoms with Crippen molar-refractivity contribution in [3.8, 4) is 0 Å². The lowest BCUT2D eigenvalue weighted by molar-refractivity contribution is -0.139. The molecule has 1 unspecified atom stereocenters. The second-order valence-corrected chi connectivity index (χ2v) is 5.44. The second-order valence-electron chi connectivity index (χ2n) is 4.30. The van der Waals surface area contributed by atoms with Gasteiger partial charge in [0.25, 0.3) is 5.91 Å². The number of amides is 1. The van der Waals surface area contributed by atoms with Gasteiger partial charge in [0.05, 0.1) is 0 Å². The number of aliphatic carboxylic acids is 1. The van der Waals surface area contributed by atoms with E-state index in [1.165, 1.54) is 18.2 Å². The first-order valence-corrected chi connectivity index (χ1v) is 7.05. The van der Waals surface area contributed by atoms with E-state index >= 15 is 0 Å². The lowest BCUT2D eigenvalue weighted by Crippen LogP contribution is -2.40. The van der Waals surface area contributed by atoms with E-state index in [0.29, 0.717) is 6.42 Å². The van der Waals surface area contributed by atoms with Crippen molar-refractivity contribution in [3.05, 3.63) is 42.5 Å². The van der Waals surface area contributed by atoms with Crippen molar-refractivity contribution in [1.29, 1.82) is 0 Å². The van der Waals surface area contributed by atoms with E-state index in [0.717, 1.165) is 12.1 Å². The summed E-state index contributed by atoms with van der Waals surface area (Å²) in [5, 5.41) is 11.3. The number of alkyl halides is 3. The summed E-state index contributed by atoms with van der Waals surface area (Å²) in [5.41, 5.74) is -4.31. The van der Waals surface area contributed by atoms with Crippen molar-refractivity contribution in [1.82, 2.24) is 5.32 Å². The summed E-state index contributed by atoms with van der Waals surface area (Å²) in [6, 6.07) is 3.68. The minimum atomic E-state index is -4.40. The Balaban J connectivity index is 2.72. The van der Waals surface area contributed by atoms with Crippen LogP contribution in [0.5, 0.6) is 0 Å². The maximum absolute atomic E-state index is 12.2. The molecule has 0 aliphatic rings. The first-order valence-electron chi connectivity index (χ1n) is 6.23. The van der Waals surface area contributed by atoms with Crippen molar-refractivity contribution < 1.29 is 27.9 Å². The Hall–Kier alpha value is -1.96. The minimum absolute atomic E-state index is 0.0505. The number of benzene rings is 1. The van der Waals surface area contributed by atoms with E-state index in [9.17, 15) is 22.8 Å². The molecule has 22 heavy (non-hydrogen) atoms. The van der Waals surface area contributed by atoms with Crippen molar-refractivity contribution >= 4 is 23.6 Å². The molecule has 1 aromatic carbocycles. The zero-order valence-electron chi connectivity index (χ0n) is 11.4. The van der Waals surface area contributed by atoms with Gasteiger partial charge in [0.2, 0.25) is 0 Å². The SMILES string of the molecule is C=CCCC(NC(=O)c1ccc(SC(F)(F)F)cc1)C(=O)O. The van der Waals surface area contributed by atoms with Crippen molar-refractivity contribution in [2.75, 3.05) is 0 Å². The molecule has 0 aliphatic heterocycles. The van der Waals surface area contributed by atoms with Crippen molar-refractivity contribution in [2.24, 2.45) is 0 Å². The lowest BCUT2D eigenvalue weighted by atomic mass is 10.1. The molecule has 4 nitrogen and oxygen atoms in total. The highest BCUT2D eigenvalue weighted by Crippen LogP contribution is 2.36. The van der Waals surface area contributed by atoms with Crippen LogP contribution in [0.3, 0.4) is 0 Å². The van der Waals surface area contributed by atoms with Crippen LogP contribution in [0.2, 0.25) is 0 Å². The number of carboxylic acids is 1. The number of carbonyl (C=O) groups excluding carboxylic acids is 1. The number of hydrogen-bond donors (Lipinski definition) is 2. The summed E-state index contributed by atoms with van der Waals surface area (Å²) in [5.74, 6) is -1.83. The molecule has 120 valence electrons.